The van der Waals surface area contributed by atoms with Gasteiger partial charge in [-0.3, -0.25) is 0 Å². The number of hydrogen-bond donors (Lipinski definition) is 0. The molecule has 1 aromatic heterocycles. The molecule has 3 heteroatoms. The summed E-state index contributed by atoms with van der Waals surface area (Å²) in [4.78, 5) is 4.81. The molecule has 0 spiro atoms. The fourth-order valence-electron chi connectivity index (χ4n) is 10.9. The van der Waals surface area contributed by atoms with E-state index in [2.05, 4.69) is 302 Å². The van der Waals surface area contributed by atoms with Gasteiger partial charge in [0.25, 0.3) is 0 Å². The molecule has 11 aromatic carbocycles. The summed E-state index contributed by atoms with van der Waals surface area (Å²) in [6.45, 7) is 18.1. The second-order valence-corrected chi connectivity index (χ2v) is 22.9. The number of para-hydroxylation sites is 2. The maximum atomic E-state index is 6.89. The molecule has 12 aromatic rings. The number of nitrogens with zero attached hydrogens (tertiary/aromatic N) is 2. The molecule has 0 fully saturated rings. The summed E-state index contributed by atoms with van der Waals surface area (Å²) in [5.74, 6) is 0.460. The summed E-state index contributed by atoms with van der Waals surface area (Å²) in [7, 11) is 0. The highest BCUT2D eigenvalue weighted by Gasteiger charge is 2.23. The zero-order valence-electron chi connectivity index (χ0n) is 44.9. The van der Waals surface area contributed by atoms with E-state index in [1.807, 2.05) is 0 Å². The van der Waals surface area contributed by atoms with Crippen LogP contribution >= 0.6 is 0 Å². The minimum Gasteiger partial charge on any atom is -0.456 e. The van der Waals surface area contributed by atoms with Gasteiger partial charge in [-0.25, -0.2) is 0 Å². The first-order chi connectivity index (χ1) is 36.7. The highest BCUT2D eigenvalue weighted by Crippen LogP contribution is 2.46. The van der Waals surface area contributed by atoms with Crippen LogP contribution in [0.5, 0.6) is 0 Å². The predicted molar refractivity (Wildman–Crippen MR) is 326 cm³/mol. The molecule has 12 rings (SSSR count). The molecule has 76 heavy (non-hydrogen) atoms. The molecule has 0 amide bonds. The summed E-state index contributed by atoms with van der Waals surface area (Å²) in [6.07, 6.45) is 0. The van der Waals surface area contributed by atoms with Crippen LogP contribution in [0.15, 0.2) is 241 Å². The number of rotatable bonds is 10. The van der Waals surface area contributed by atoms with Crippen molar-refractivity contribution in [3.05, 3.63) is 253 Å². The Bertz CT molecular complexity index is 4060. The summed E-state index contributed by atoms with van der Waals surface area (Å²) >= 11 is 0. The van der Waals surface area contributed by atoms with Crippen molar-refractivity contribution in [3.63, 3.8) is 0 Å². The summed E-state index contributed by atoms with van der Waals surface area (Å²) < 4.78 is 6.89. The number of anilines is 6. The monoisotopic (exact) mass is 985 g/mol. The van der Waals surface area contributed by atoms with Gasteiger partial charge < -0.3 is 14.2 Å². The maximum absolute atomic E-state index is 6.89. The van der Waals surface area contributed by atoms with Gasteiger partial charge in [-0.1, -0.05) is 207 Å². The Morgan fingerprint density at radius 2 is 0.711 bits per heavy atom. The molecule has 3 nitrogen and oxygen atoms in total. The van der Waals surface area contributed by atoms with E-state index >= 15 is 0 Å². The first kappa shape index (κ1) is 48.3. The molecule has 0 saturated carbocycles. The molecular formula is C73H64N2O. The number of hydrogen-bond acceptors (Lipinski definition) is 3. The molecule has 0 aliphatic rings. The fraction of sp³-hybridized carbons (Fsp3) is 0.151. The van der Waals surface area contributed by atoms with E-state index in [9.17, 15) is 0 Å². The summed E-state index contributed by atoms with van der Waals surface area (Å²) in [6, 6.07) is 87.1. The third kappa shape index (κ3) is 9.21. The summed E-state index contributed by atoms with van der Waals surface area (Å²) in [5, 5.41) is 6.77. The Morgan fingerprint density at radius 3 is 1.17 bits per heavy atom. The average molecular weight is 985 g/mol. The zero-order valence-corrected chi connectivity index (χ0v) is 44.9. The van der Waals surface area contributed by atoms with Crippen LogP contribution in [0, 0.1) is 0 Å². The van der Waals surface area contributed by atoms with Gasteiger partial charge in [0.15, 0.2) is 0 Å². The third-order valence-electron chi connectivity index (χ3n) is 15.3. The fourth-order valence-corrected chi connectivity index (χ4v) is 10.9. The van der Waals surface area contributed by atoms with Gasteiger partial charge in [-0.15, -0.1) is 0 Å². The van der Waals surface area contributed by atoms with Gasteiger partial charge >= 0.3 is 0 Å². The smallest absolute Gasteiger partial charge is 0.136 e. The largest absolute Gasteiger partial charge is 0.456 e. The lowest BCUT2D eigenvalue weighted by molar-refractivity contribution is 0.590. The van der Waals surface area contributed by atoms with E-state index in [1.54, 1.807) is 0 Å². The van der Waals surface area contributed by atoms with Gasteiger partial charge in [-0.05, 0) is 162 Å². The van der Waals surface area contributed by atoms with Crippen molar-refractivity contribution >= 4 is 77.6 Å². The van der Waals surface area contributed by atoms with Crippen LogP contribution in [0.3, 0.4) is 0 Å². The normalized spacial score (nSPS) is 12.1. The van der Waals surface area contributed by atoms with Gasteiger partial charge in [0.05, 0.1) is 11.4 Å². The van der Waals surface area contributed by atoms with Crippen LogP contribution in [0.1, 0.15) is 78.0 Å². The van der Waals surface area contributed by atoms with Gasteiger partial charge in [0.2, 0.25) is 0 Å². The Balaban J connectivity index is 0.957. The molecule has 372 valence electrons. The molecule has 0 N–H and O–H groups in total. The second-order valence-electron chi connectivity index (χ2n) is 22.9. The summed E-state index contributed by atoms with van der Waals surface area (Å²) in [5.41, 5.74) is 19.5. The molecule has 0 unspecified atom stereocenters. The predicted octanol–water partition coefficient (Wildman–Crippen LogP) is 21.6. The molecule has 0 atom stereocenters. The zero-order chi connectivity index (χ0) is 52.3. The number of benzene rings is 11. The lowest BCUT2D eigenvalue weighted by atomic mass is 9.86. The SMILES string of the molecule is CC(C)c1ccc(-c2ccccc2N(c2ccc(-c3ccccc3)cc2)c2ccc3cc4c(cc3c2)oc2cc3cc(N(c5ccc(C(C)(C)C)cc5)c5ccccc5-c5ccc(C(C)(C)C)cc5)ccc3cc24)cc1. The quantitative estimate of drug-likeness (QED) is 0.136. The van der Waals surface area contributed by atoms with Crippen LogP contribution < -0.4 is 9.80 Å². The standard InChI is InChI=1S/C73H64N2O/c1-48(2)49-22-24-52(25-23-49)64-18-12-14-20-68(64)74(60-36-28-51(29-37-60)50-16-10-9-11-17-50)62-38-30-54-44-66-67-45-55-31-39-63(43-57(55)47-71(67)76-70(66)46-56(54)42-62)75(61-40-34-59(35-41-61)73(6,7)8)69-21-15-13-19-65(69)53-26-32-58(33-27-53)72(3,4)5/h9-48H,1-8H3. The minimum atomic E-state index is 0.0360. The van der Waals surface area contributed by atoms with Crippen LogP contribution in [-0.4, -0.2) is 0 Å². The third-order valence-corrected chi connectivity index (χ3v) is 15.3. The van der Waals surface area contributed by atoms with Crippen LogP contribution in [-0.2, 0) is 10.8 Å². The van der Waals surface area contributed by atoms with Crippen molar-refractivity contribution in [1.82, 2.24) is 0 Å². The second kappa shape index (κ2) is 19.2. The van der Waals surface area contributed by atoms with Gasteiger partial charge in [0, 0.05) is 44.6 Å². The molecule has 0 radical (unpaired) electrons. The van der Waals surface area contributed by atoms with Crippen LogP contribution in [0.2, 0.25) is 0 Å². The number of furan rings is 1. The lowest BCUT2D eigenvalue weighted by Crippen LogP contribution is -2.14. The molecule has 1 heterocycles. The van der Waals surface area contributed by atoms with E-state index in [-0.39, 0.29) is 10.8 Å². The van der Waals surface area contributed by atoms with E-state index < -0.39 is 0 Å². The first-order valence-electron chi connectivity index (χ1n) is 26.8. The molecule has 0 aliphatic carbocycles. The van der Waals surface area contributed by atoms with Crippen molar-refractivity contribution in [2.24, 2.45) is 0 Å². The topological polar surface area (TPSA) is 19.6 Å². The minimum absolute atomic E-state index is 0.0360. The van der Waals surface area contributed by atoms with Crippen molar-refractivity contribution in [2.75, 3.05) is 9.80 Å². The van der Waals surface area contributed by atoms with Crippen LogP contribution in [0.4, 0.5) is 34.1 Å². The van der Waals surface area contributed by atoms with Gasteiger partial charge in [0.1, 0.15) is 11.2 Å². The first-order valence-corrected chi connectivity index (χ1v) is 26.8. The van der Waals surface area contributed by atoms with E-state index in [1.165, 1.54) is 50.1 Å². The number of fused-ring (bicyclic) bond motifs is 5. The van der Waals surface area contributed by atoms with E-state index in [0.717, 1.165) is 77.6 Å². The maximum Gasteiger partial charge on any atom is 0.136 e. The van der Waals surface area contributed by atoms with Crippen molar-refractivity contribution in [3.8, 4) is 33.4 Å². The van der Waals surface area contributed by atoms with Crippen LogP contribution in [0.25, 0.3) is 76.9 Å². The van der Waals surface area contributed by atoms with E-state index in [0.29, 0.717) is 5.92 Å². The lowest BCUT2D eigenvalue weighted by Gasteiger charge is -2.29. The van der Waals surface area contributed by atoms with Crippen molar-refractivity contribution in [2.45, 2.75) is 72.1 Å². The molecule has 0 aliphatic heterocycles. The highest BCUT2D eigenvalue weighted by atomic mass is 16.3. The average Bonchev–Trinajstić information content (AvgIpc) is 3.84. The molecule has 0 bridgehead atoms. The molecule has 0 saturated heterocycles. The van der Waals surface area contributed by atoms with Gasteiger partial charge in [-0.2, -0.15) is 0 Å². The van der Waals surface area contributed by atoms with Crippen molar-refractivity contribution in [1.29, 1.82) is 0 Å². The Hall–Kier alpha value is -8.66. The van der Waals surface area contributed by atoms with Crippen molar-refractivity contribution < 1.29 is 4.42 Å². The Kier molecular flexibility index (Phi) is 12.2. The van der Waals surface area contributed by atoms with E-state index in [4.69, 9.17) is 4.42 Å². The Morgan fingerprint density at radius 1 is 0.329 bits per heavy atom. The molecular weight excluding hydrogens is 921 g/mol. The Labute approximate surface area is 448 Å². The highest BCUT2D eigenvalue weighted by molar-refractivity contribution is 6.14.